The molecule has 0 radical (unpaired) electrons. The van der Waals surface area contributed by atoms with E-state index in [1.54, 1.807) is 0 Å². The second-order valence-corrected chi connectivity index (χ2v) is 5.63. The Balaban J connectivity index is 1.79. The predicted molar refractivity (Wildman–Crippen MR) is 76.5 cm³/mol. The molecule has 2 atom stereocenters. The molecule has 18 heavy (non-hydrogen) atoms. The monoisotopic (exact) mass is 246 g/mol. The van der Waals surface area contributed by atoms with Crippen molar-refractivity contribution in [2.24, 2.45) is 5.92 Å². The average molecular weight is 246 g/mol. The Morgan fingerprint density at radius 2 is 2.11 bits per heavy atom. The van der Waals surface area contributed by atoms with Crippen molar-refractivity contribution in [2.45, 2.75) is 65.0 Å². The molecule has 2 rings (SSSR count). The minimum absolute atomic E-state index is 0.698. The molecule has 1 aromatic heterocycles. The Kier molecular flexibility index (Phi) is 5.18. The van der Waals surface area contributed by atoms with Crippen LogP contribution in [-0.4, -0.2) is 11.0 Å². The Labute approximate surface area is 111 Å². The number of aromatic nitrogens is 1. The largest absolute Gasteiger partial charge is 0.308 e. The van der Waals surface area contributed by atoms with E-state index < -0.39 is 0 Å². The van der Waals surface area contributed by atoms with Crippen LogP contribution in [-0.2, 0) is 6.54 Å². The molecule has 2 nitrogen and oxygen atoms in total. The van der Waals surface area contributed by atoms with Gasteiger partial charge in [0.25, 0.3) is 0 Å². The van der Waals surface area contributed by atoms with Crippen LogP contribution < -0.4 is 5.32 Å². The zero-order chi connectivity index (χ0) is 12.8. The molecule has 0 aliphatic heterocycles. The van der Waals surface area contributed by atoms with Crippen LogP contribution in [0.2, 0.25) is 0 Å². The van der Waals surface area contributed by atoms with E-state index in [0.717, 1.165) is 18.2 Å². The van der Waals surface area contributed by atoms with E-state index in [-0.39, 0.29) is 0 Å². The van der Waals surface area contributed by atoms with Crippen molar-refractivity contribution >= 4 is 0 Å². The van der Waals surface area contributed by atoms with Crippen LogP contribution in [0.4, 0.5) is 0 Å². The molecule has 1 N–H and O–H groups in total. The summed E-state index contributed by atoms with van der Waals surface area (Å²) in [6.45, 7) is 5.30. The fraction of sp³-hybridized carbons (Fsp3) is 0.688. The first-order valence-corrected chi connectivity index (χ1v) is 7.44. The average Bonchev–Trinajstić information content (AvgIpc) is 2.61. The lowest BCUT2D eigenvalue weighted by atomic mass is 9.98. The van der Waals surface area contributed by atoms with Crippen LogP contribution in [0.15, 0.2) is 18.2 Å². The zero-order valence-corrected chi connectivity index (χ0v) is 11.8. The van der Waals surface area contributed by atoms with Crippen LogP contribution in [0.25, 0.3) is 0 Å². The van der Waals surface area contributed by atoms with Crippen LogP contribution in [0, 0.1) is 12.8 Å². The van der Waals surface area contributed by atoms with Gasteiger partial charge >= 0.3 is 0 Å². The first kappa shape index (κ1) is 13.5. The summed E-state index contributed by atoms with van der Waals surface area (Å²) < 4.78 is 0. The maximum Gasteiger partial charge on any atom is 0.0544 e. The first-order valence-electron chi connectivity index (χ1n) is 7.44. The Hall–Kier alpha value is -0.890. The maximum absolute atomic E-state index is 4.55. The minimum Gasteiger partial charge on any atom is -0.308 e. The standard InChI is InChI=1S/C16H26N2/c1-3-14-7-5-8-15(11-10-14)17-12-16-9-4-6-13(2)18-16/h4,6,9,14-15,17H,3,5,7-8,10-12H2,1-2H3. The third-order valence-electron chi connectivity index (χ3n) is 4.18. The van der Waals surface area contributed by atoms with Crippen molar-refractivity contribution in [2.75, 3.05) is 0 Å². The summed E-state index contributed by atoms with van der Waals surface area (Å²) in [7, 11) is 0. The zero-order valence-electron chi connectivity index (χ0n) is 11.8. The lowest BCUT2D eigenvalue weighted by Gasteiger charge is -2.16. The number of nitrogens with one attached hydrogen (secondary N) is 1. The van der Waals surface area contributed by atoms with Gasteiger partial charge in [0.1, 0.15) is 0 Å². The third-order valence-corrected chi connectivity index (χ3v) is 4.18. The van der Waals surface area contributed by atoms with Gasteiger partial charge in [0.15, 0.2) is 0 Å². The molecular weight excluding hydrogens is 220 g/mol. The summed E-state index contributed by atoms with van der Waals surface area (Å²) in [5.74, 6) is 0.967. The molecule has 0 amide bonds. The van der Waals surface area contributed by atoms with Crippen molar-refractivity contribution in [1.29, 1.82) is 0 Å². The molecule has 0 saturated heterocycles. The van der Waals surface area contributed by atoms with Gasteiger partial charge in [0.05, 0.1) is 5.69 Å². The fourth-order valence-electron chi connectivity index (χ4n) is 2.94. The highest BCUT2D eigenvalue weighted by molar-refractivity contribution is 5.09. The van der Waals surface area contributed by atoms with Crippen LogP contribution >= 0.6 is 0 Å². The number of rotatable bonds is 4. The van der Waals surface area contributed by atoms with E-state index in [1.807, 2.05) is 0 Å². The molecule has 0 aromatic carbocycles. The summed E-state index contributed by atoms with van der Waals surface area (Å²) in [6, 6.07) is 6.97. The molecule has 1 fully saturated rings. The van der Waals surface area contributed by atoms with Gasteiger partial charge in [-0.2, -0.15) is 0 Å². The van der Waals surface area contributed by atoms with Crippen molar-refractivity contribution in [3.63, 3.8) is 0 Å². The smallest absolute Gasteiger partial charge is 0.0544 e. The van der Waals surface area contributed by atoms with Gasteiger partial charge < -0.3 is 5.32 Å². The van der Waals surface area contributed by atoms with Gasteiger partial charge in [-0.25, -0.2) is 0 Å². The van der Waals surface area contributed by atoms with Crippen LogP contribution in [0.1, 0.15) is 56.8 Å². The third kappa shape index (κ3) is 4.09. The fourth-order valence-corrected chi connectivity index (χ4v) is 2.94. The molecular formula is C16H26N2. The first-order chi connectivity index (χ1) is 8.78. The highest BCUT2D eigenvalue weighted by atomic mass is 14.9. The molecule has 1 aliphatic rings. The van der Waals surface area contributed by atoms with Crippen LogP contribution in [0.5, 0.6) is 0 Å². The van der Waals surface area contributed by atoms with Gasteiger partial charge in [-0.15, -0.1) is 0 Å². The molecule has 1 heterocycles. The summed E-state index contributed by atoms with van der Waals surface area (Å²) in [6.07, 6.45) is 8.24. The van der Waals surface area contributed by atoms with Gasteiger partial charge in [-0.3, -0.25) is 4.98 Å². The van der Waals surface area contributed by atoms with E-state index >= 15 is 0 Å². The number of nitrogens with zero attached hydrogens (tertiary/aromatic N) is 1. The Morgan fingerprint density at radius 1 is 1.22 bits per heavy atom. The summed E-state index contributed by atoms with van der Waals surface area (Å²) in [5.41, 5.74) is 2.28. The molecule has 1 aliphatic carbocycles. The number of aryl methyl sites for hydroxylation is 1. The van der Waals surface area contributed by atoms with Crippen molar-refractivity contribution in [3.05, 3.63) is 29.6 Å². The highest BCUT2D eigenvalue weighted by Gasteiger charge is 2.17. The van der Waals surface area contributed by atoms with E-state index in [2.05, 4.69) is 42.3 Å². The summed E-state index contributed by atoms with van der Waals surface area (Å²) in [4.78, 5) is 4.55. The molecule has 1 saturated carbocycles. The Bertz CT molecular complexity index is 362. The quantitative estimate of drug-likeness (QED) is 0.817. The summed E-state index contributed by atoms with van der Waals surface area (Å²) in [5, 5.41) is 3.69. The molecule has 1 aromatic rings. The molecule has 0 bridgehead atoms. The second kappa shape index (κ2) is 6.89. The van der Waals surface area contributed by atoms with E-state index in [4.69, 9.17) is 0 Å². The van der Waals surface area contributed by atoms with E-state index in [1.165, 1.54) is 44.2 Å². The minimum atomic E-state index is 0.698. The maximum atomic E-state index is 4.55. The van der Waals surface area contributed by atoms with Crippen molar-refractivity contribution in [1.82, 2.24) is 10.3 Å². The molecule has 0 spiro atoms. The number of hydrogen-bond acceptors (Lipinski definition) is 2. The second-order valence-electron chi connectivity index (χ2n) is 5.63. The molecule has 100 valence electrons. The lowest BCUT2D eigenvalue weighted by molar-refractivity contribution is 0.424. The van der Waals surface area contributed by atoms with Gasteiger partial charge in [0, 0.05) is 18.3 Å². The summed E-state index contributed by atoms with van der Waals surface area (Å²) >= 11 is 0. The van der Waals surface area contributed by atoms with E-state index in [9.17, 15) is 0 Å². The molecule has 2 heteroatoms. The van der Waals surface area contributed by atoms with E-state index in [0.29, 0.717) is 6.04 Å². The lowest BCUT2D eigenvalue weighted by Crippen LogP contribution is -2.28. The van der Waals surface area contributed by atoms with Crippen molar-refractivity contribution < 1.29 is 0 Å². The van der Waals surface area contributed by atoms with Gasteiger partial charge in [-0.05, 0) is 44.2 Å². The topological polar surface area (TPSA) is 24.9 Å². The molecule has 2 unspecified atom stereocenters. The highest BCUT2D eigenvalue weighted by Crippen LogP contribution is 2.25. The number of pyridine rings is 1. The van der Waals surface area contributed by atoms with Gasteiger partial charge in [0.2, 0.25) is 0 Å². The normalized spacial score (nSPS) is 24.8. The Morgan fingerprint density at radius 3 is 2.89 bits per heavy atom. The number of hydrogen-bond donors (Lipinski definition) is 1. The van der Waals surface area contributed by atoms with Crippen molar-refractivity contribution in [3.8, 4) is 0 Å². The SMILES string of the molecule is CCC1CCCC(NCc2cccc(C)n2)CC1. The van der Waals surface area contributed by atoms with Gasteiger partial charge in [-0.1, -0.05) is 32.3 Å². The predicted octanol–water partition coefficient (Wildman–Crippen LogP) is 3.84. The van der Waals surface area contributed by atoms with Crippen LogP contribution in [0.3, 0.4) is 0 Å².